The summed E-state index contributed by atoms with van der Waals surface area (Å²) >= 11 is 3.35. The van der Waals surface area contributed by atoms with Gasteiger partial charge in [-0.25, -0.2) is 4.39 Å². The smallest absolute Gasteiger partial charge is 0.265 e. The van der Waals surface area contributed by atoms with E-state index < -0.39 is 6.10 Å². The van der Waals surface area contributed by atoms with Gasteiger partial charge >= 0.3 is 0 Å². The van der Waals surface area contributed by atoms with Crippen molar-refractivity contribution >= 4 is 33.2 Å². The highest BCUT2D eigenvalue weighted by molar-refractivity contribution is 9.10. The van der Waals surface area contributed by atoms with Crippen molar-refractivity contribution < 1.29 is 13.9 Å². The number of halogens is 2. The van der Waals surface area contributed by atoms with Gasteiger partial charge in [-0.1, -0.05) is 15.9 Å². The molecule has 3 rings (SSSR count). The zero-order valence-electron chi connectivity index (χ0n) is 14.0. The summed E-state index contributed by atoms with van der Waals surface area (Å²) in [7, 11) is 0. The monoisotopic (exact) mass is 406 g/mol. The number of nitrogens with one attached hydrogen (secondary N) is 1. The number of anilines is 2. The number of carbonyl (C=O) groups is 1. The zero-order valence-corrected chi connectivity index (χ0v) is 15.6. The van der Waals surface area contributed by atoms with E-state index in [4.69, 9.17) is 4.74 Å². The van der Waals surface area contributed by atoms with Crippen molar-refractivity contribution in [1.82, 2.24) is 0 Å². The third kappa shape index (κ3) is 4.72. The van der Waals surface area contributed by atoms with Crippen LogP contribution in [-0.4, -0.2) is 25.1 Å². The molecule has 1 atom stereocenters. The first-order valence-electron chi connectivity index (χ1n) is 8.30. The van der Waals surface area contributed by atoms with Crippen LogP contribution in [0.25, 0.3) is 0 Å². The van der Waals surface area contributed by atoms with Crippen molar-refractivity contribution in [3.8, 4) is 5.75 Å². The van der Waals surface area contributed by atoms with E-state index in [2.05, 4.69) is 26.1 Å². The number of amides is 1. The van der Waals surface area contributed by atoms with Gasteiger partial charge in [-0.05, 0) is 62.2 Å². The van der Waals surface area contributed by atoms with E-state index in [0.29, 0.717) is 11.4 Å². The molecule has 0 aliphatic carbocycles. The Bertz CT molecular complexity index is 746. The third-order valence-electron chi connectivity index (χ3n) is 4.12. The molecule has 1 N–H and O–H groups in total. The molecule has 0 saturated carbocycles. The summed E-state index contributed by atoms with van der Waals surface area (Å²) in [5.74, 6) is -0.0788. The lowest BCUT2D eigenvalue weighted by Crippen LogP contribution is -2.30. The summed E-state index contributed by atoms with van der Waals surface area (Å²) in [6.07, 6.45) is 1.52. The first-order chi connectivity index (χ1) is 12.0. The van der Waals surface area contributed by atoms with Gasteiger partial charge in [0.1, 0.15) is 11.6 Å². The molecule has 25 heavy (non-hydrogen) atoms. The molecule has 0 bridgehead atoms. The van der Waals surface area contributed by atoms with Crippen LogP contribution in [-0.2, 0) is 4.79 Å². The second-order valence-corrected chi connectivity index (χ2v) is 7.01. The van der Waals surface area contributed by atoms with Crippen molar-refractivity contribution in [1.29, 1.82) is 0 Å². The summed E-state index contributed by atoms with van der Waals surface area (Å²) in [6.45, 7) is 3.50. The van der Waals surface area contributed by atoms with Crippen molar-refractivity contribution in [3.63, 3.8) is 0 Å². The Morgan fingerprint density at radius 2 is 1.88 bits per heavy atom. The van der Waals surface area contributed by atoms with E-state index >= 15 is 0 Å². The average molecular weight is 407 g/mol. The molecule has 1 aliphatic heterocycles. The van der Waals surface area contributed by atoms with Crippen LogP contribution in [0, 0.1) is 5.82 Å². The van der Waals surface area contributed by atoms with Gasteiger partial charge in [0.2, 0.25) is 0 Å². The molecule has 4 nitrogen and oxygen atoms in total. The normalized spacial score (nSPS) is 15.1. The molecule has 0 spiro atoms. The lowest BCUT2D eigenvalue weighted by Gasteiger charge is -2.19. The molecular formula is C19H20BrFN2O2. The number of nitrogens with zero attached hydrogens (tertiary/aromatic N) is 1. The molecule has 0 radical (unpaired) electrons. The standard InChI is InChI=1S/C19H20BrFN2O2/c1-13(25-18-6-4-14(20)5-7-18)19(24)22-16-10-15(21)11-17(12-16)23-8-2-3-9-23/h4-7,10-13H,2-3,8-9H2,1H3,(H,22,24). The van der Waals surface area contributed by atoms with E-state index in [1.165, 1.54) is 12.1 Å². The molecule has 6 heteroatoms. The zero-order chi connectivity index (χ0) is 17.8. The molecule has 2 aromatic rings. The predicted octanol–water partition coefficient (Wildman–Crippen LogP) is 4.59. The van der Waals surface area contributed by atoms with Crippen molar-refractivity contribution in [2.75, 3.05) is 23.3 Å². The Kier molecular flexibility index (Phi) is 5.58. The predicted molar refractivity (Wildman–Crippen MR) is 101 cm³/mol. The minimum Gasteiger partial charge on any atom is -0.481 e. The third-order valence-corrected chi connectivity index (χ3v) is 4.65. The number of rotatable bonds is 5. The molecule has 1 aliphatic rings. The van der Waals surface area contributed by atoms with E-state index in [0.717, 1.165) is 36.1 Å². The van der Waals surface area contributed by atoms with Crippen molar-refractivity contribution in [3.05, 3.63) is 52.8 Å². The number of carbonyl (C=O) groups excluding carboxylic acids is 1. The van der Waals surface area contributed by atoms with Gasteiger partial charge in [0, 0.05) is 28.9 Å². The molecule has 1 saturated heterocycles. The minimum absolute atomic E-state index is 0.319. The van der Waals surface area contributed by atoms with Gasteiger partial charge in [-0.2, -0.15) is 0 Å². The van der Waals surface area contributed by atoms with Crippen molar-refractivity contribution in [2.24, 2.45) is 0 Å². The maximum absolute atomic E-state index is 13.9. The Labute approximate surface area is 155 Å². The van der Waals surface area contributed by atoms with Crippen LogP contribution >= 0.6 is 15.9 Å². The second-order valence-electron chi connectivity index (χ2n) is 6.10. The van der Waals surface area contributed by atoms with Gasteiger partial charge in [0.05, 0.1) is 0 Å². The highest BCUT2D eigenvalue weighted by atomic mass is 79.9. The van der Waals surface area contributed by atoms with Crippen LogP contribution in [0.2, 0.25) is 0 Å². The minimum atomic E-state index is -0.695. The van der Waals surface area contributed by atoms with Crippen LogP contribution in [0.5, 0.6) is 5.75 Å². The second kappa shape index (κ2) is 7.87. The van der Waals surface area contributed by atoms with Crippen LogP contribution in [0.3, 0.4) is 0 Å². The topological polar surface area (TPSA) is 41.6 Å². The molecule has 1 heterocycles. The maximum Gasteiger partial charge on any atom is 0.265 e. The Hall–Kier alpha value is -2.08. The molecule has 0 aromatic heterocycles. The summed E-state index contributed by atoms with van der Waals surface area (Å²) in [6, 6.07) is 11.9. The fourth-order valence-electron chi connectivity index (χ4n) is 2.82. The van der Waals surface area contributed by atoms with Crippen LogP contribution < -0.4 is 15.0 Å². The molecule has 1 unspecified atom stereocenters. The van der Waals surface area contributed by atoms with E-state index in [1.54, 1.807) is 25.1 Å². The maximum atomic E-state index is 13.9. The van der Waals surface area contributed by atoms with Crippen LogP contribution in [0.4, 0.5) is 15.8 Å². The summed E-state index contributed by atoms with van der Waals surface area (Å²) < 4.78 is 20.5. The van der Waals surface area contributed by atoms with Gasteiger partial charge < -0.3 is 15.0 Å². The largest absolute Gasteiger partial charge is 0.481 e. The average Bonchev–Trinajstić information content (AvgIpc) is 3.11. The van der Waals surface area contributed by atoms with Crippen LogP contribution in [0.15, 0.2) is 46.9 Å². The number of hydrogen-bond donors (Lipinski definition) is 1. The van der Waals surface area contributed by atoms with E-state index in [-0.39, 0.29) is 11.7 Å². The van der Waals surface area contributed by atoms with Gasteiger partial charge in [-0.3, -0.25) is 4.79 Å². The van der Waals surface area contributed by atoms with Gasteiger partial charge in [0.25, 0.3) is 5.91 Å². The molecule has 132 valence electrons. The highest BCUT2D eigenvalue weighted by Crippen LogP contribution is 2.25. The summed E-state index contributed by atoms with van der Waals surface area (Å²) in [5, 5.41) is 2.74. The molecule has 2 aromatic carbocycles. The number of hydrogen-bond acceptors (Lipinski definition) is 3. The Morgan fingerprint density at radius 3 is 2.56 bits per heavy atom. The number of ether oxygens (including phenoxy) is 1. The molecular weight excluding hydrogens is 387 g/mol. The first kappa shape index (κ1) is 17.7. The number of benzene rings is 2. The lowest BCUT2D eigenvalue weighted by atomic mass is 10.2. The Morgan fingerprint density at radius 1 is 1.20 bits per heavy atom. The lowest BCUT2D eigenvalue weighted by molar-refractivity contribution is -0.122. The fourth-order valence-corrected chi connectivity index (χ4v) is 3.08. The first-order valence-corrected chi connectivity index (χ1v) is 9.09. The SMILES string of the molecule is CC(Oc1ccc(Br)cc1)C(=O)Nc1cc(F)cc(N2CCCC2)c1. The van der Waals surface area contributed by atoms with E-state index in [9.17, 15) is 9.18 Å². The molecule has 1 fully saturated rings. The van der Waals surface area contributed by atoms with E-state index in [1.807, 2.05) is 12.1 Å². The van der Waals surface area contributed by atoms with Gasteiger partial charge in [-0.15, -0.1) is 0 Å². The van der Waals surface area contributed by atoms with Crippen LogP contribution in [0.1, 0.15) is 19.8 Å². The Balaban J connectivity index is 1.66. The molecule has 1 amide bonds. The van der Waals surface area contributed by atoms with Crippen molar-refractivity contribution in [2.45, 2.75) is 25.9 Å². The van der Waals surface area contributed by atoms with Gasteiger partial charge in [0.15, 0.2) is 6.10 Å². The fraction of sp³-hybridized carbons (Fsp3) is 0.316. The highest BCUT2D eigenvalue weighted by Gasteiger charge is 2.18. The quantitative estimate of drug-likeness (QED) is 0.788. The summed E-state index contributed by atoms with van der Waals surface area (Å²) in [5.41, 5.74) is 1.24. The summed E-state index contributed by atoms with van der Waals surface area (Å²) in [4.78, 5) is 14.5.